The summed E-state index contributed by atoms with van der Waals surface area (Å²) in [4.78, 5) is 46.7. The Morgan fingerprint density at radius 2 is 1.59 bits per heavy atom. The van der Waals surface area contributed by atoms with Gasteiger partial charge in [0, 0.05) is 0 Å². The van der Waals surface area contributed by atoms with E-state index in [0.717, 1.165) is 0 Å². The highest BCUT2D eigenvalue weighted by Gasteiger charge is 2.54. The molecule has 0 saturated carbocycles. The number of imide groups is 2. The molecule has 9 heteroatoms. The Labute approximate surface area is 121 Å². The van der Waals surface area contributed by atoms with Gasteiger partial charge in [-0.1, -0.05) is 12.1 Å². The van der Waals surface area contributed by atoms with E-state index in [1.807, 2.05) is 0 Å². The molecule has 0 atom stereocenters. The molecule has 1 aromatic heterocycles. The minimum absolute atomic E-state index is 0.00468. The van der Waals surface area contributed by atoms with Crippen LogP contribution in [0.15, 0.2) is 33.5 Å². The molecule has 0 radical (unpaired) electrons. The van der Waals surface area contributed by atoms with Crippen molar-refractivity contribution in [3.63, 3.8) is 0 Å². The van der Waals surface area contributed by atoms with Gasteiger partial charge in [0.15, 0.2) is 0 Å². The minimum atomic E-state index is -3.08. The fourth-order valence-electron chi connectivity index (χ4n) is 2.20. The van der Waals surface area contributed by atoms with E-state index in [2.05, 4.69) is 0 Å². The molecule has 1 fully saturated rings. The van der Waals surface area contributed by atoms with Crippen LogP contribution in [0, 0.1) is 0 Å². The van der Waals surface area contributed by atoms with Crippen molar-refractivity contribution < 1.29 is 29.0 Å². The maximum absolute atomic E-state index is 12.0. The number of aromatic hydroxyl groups is 1. The Balaban J connectivity index is 2.34. The summed E-state index contributed by atoms with van der Waals surface area (Å²) in [7, 11) is 0. The number of aliphatic hydroxyl groups is 1. The maximum Gasteiger partial charge on any atom is 0.347 e. The summed E-state index contributed by atoms with van der Waals surface area (Å²) < 4.78 is 4.90. The number of amides is 4. The van der Waals surface area contributed by atoms with Crippen LogP contribution in [-0.2, 0) is 15.2 Å². The molecular formula is C13H8N2O7. The number of para-hydroxylation sites is 1. The SMILES string of the molecule is O=C1NC(=O)C(O)(c2c(O)c3ccccc3oc2=O)C(=O)N1. The lowest BCUT2D eigenvalue weighted by molar-refractivity contribution is -0.156. The van der Waals surface area contributed by atoms with E-state index in [-0.39, 0.29) is 11.0 Å². The van der Waals surface area contributed by atoms with E-state index in [9.17, 15) is 29.4 Å². The standard InChI is InChI=1S/C13H8N2O7/c16-8-5-3-1-2-4-6(5)22-9(17)7(8)13(21)10(18)14-12(20)15-11(13)19/h1-4,16,21H,(H2,14,15,18,19,20). The highest BCUT2D eigenvalue weighted by Crippen LogP contribution is 2.34. The van der Waals surface area contributed by atoms with Gasteiger partial charge in [-0.05, 0) is 12.1 Å². The molecule has 2 heterocycles. The van der Waals surface area contributed by atoms with Crippen LogP contribution in [0.3, 0.4) is 0 Å². The third-order valence-electron chi connectivity index (χ3n) is 3.26. The van der Waals surface area contributed by atoms with E-state index in [1.54, 1.807) is 10.6 Å². The van der Waals surface area contributed by atoms with Crippen molar-refractivity contribution in [2.75, 3.05) is 0 Å². The van der Waals surface area contributed by atoms with Crippen LogP contribution in [0.4, 0.5) is 4.79 Å². The van der Waals surface area contributed by atoms with Gasteiger partial charge in [-0.3, -0.25) is 20.2 Å². The number of hydrogen-bond acceptors (Lipinski definition) is 7. The molecule has 0 aliphatic carbocycles. The normalized spacial score (nSPS) is 17.2. The molecule has 9 nitrogen and oxygen atoms in total. The summed E-state index contributed by atoms with van der Waals surface area (Å²) in [6.45, 7) is 0. The summed E-state index contributed by atoms with van der Waals surface area (Å²) in [6.07, 6.45) is 0. The average molecular weight is 304 g/mol. The second-order valence-corrected chi connectivity index (χ2v) is 4.56. The van der Waals surface area contributed by atoms with Crippen molar-refractivity contribution in [2.24, 2.45) is 0 Å². The predicted molar refractivity (Wildman–Crippen MR) is 69.7 cm³/mol. The molecule has 0 spiro atoms. The summed E-state index contributed by atoms with van der Waals surface area (Å²) in [5.41, 5.74) is -5.32. The number of hydrogen-bond donors (Lipinski definition) is 4. The molecule has 2 aromatic rings. The lowest BCUT2D eigenvalue weighted by Crippen LogP contribution is -2.65. The van der Waals surface area contributed by atoms with Crippen molar-refractivity contribution in [1.29, 1.82) is 0 Å². The van der Waals surface area contributed by atoms with Gasteiger partial charge in [-0.2, -0.15) is 0 Å². The van der Waals surface area contributed by atoms with E-state index in [1.165, 1.54) is 24.3 Å². The van der Waals surface area contributed by atoms with Crippen molar-refractivity contribution in [3.8, 4) is 5.75 Å². The van der Waals surface area contributed by atoms with Gasteiger partial charge in [-0.15, -0.1) is 0 Å². The Morgan fingerprint density at radius 3 is 2.23 bits per heavy atom. The third-order valence-corrected chi connectivity index (χ3v) is 3.26. The van der Waals surface area contributed by atoms with Gasteiger partial charge in [0.2, 0.25) is 0 Å². The van der Waals surface area contributed by atoms with Gasteiger partial charge in [0.1, 0.15) is 16.9 Å². The minimum Gasteiger partial charge on any atom is -0.506 e. The zero-order chi connectivity index (χ0) is 16.1. The maximum atomic E-state index is 12.0. The van der Waals surface area contributed by atoms with Crippen LogP contribution in [-0.4, -0.2) is 28.1 Å². The first kappa shape index (κ1) is 13.8. The fraction of sp³-hybridized carbons (Fsp3) is 0.0769. The van der Waals surface area contributed by atoms with Crippen LogP contribution in [0.2, 0.25) is 0 Å². The molecule has 22 heavy (non-hydrogen) atoms. The van der Waals surface area contributed by atoms with Crippen LogP contribution in [0.1, 0.15) is 5.56 Å². The average Bonchev–Trinajstić information content (AvgIpc) is 2.45. The van der Waals surface area contributed by atoms with Gasteiger partial charge in [-0.25, -0.2) is 9.59 Å². The summed E-state index contributed by atoms with van der Waals surface area (Å²) in [6, 6.07) is 4.65. The highest BCUT2D eigenvalue weighted by molar-refractivity contribution is 6.22. The number of benzene rings is 1. The Kier molecular flexibility index (Phi) is 2.75. The van der Waals surface area contributed by atoms with E-state index >= 15 is 0 Å². The number of barbiturate groups is 1. The van der Waals surface area contributed by atoms with Crippen molar-refractivity contribution in [3.05, 3.63) is 40.2 Å². The van der Waals surface area contributed by atoms with E-state index in [4.69, 9.17) is 4.42 Å². The number of carbonyl (C=O) groups is 3. The second-order valence-electron chi connectivity index (χ2n) is 4.56. The number of fused-ring (bicyclic) bond motifs is 1. The second kappa shape index (κ2) is 4.40. The number of nitrogens with one attached hydrogen (secondary N) is 2. The lowest BCUT2D eigenvalue weighted by Gasteiger charge is -2.28. The number of carbonyl (C=O) groups excluding carboxylic acids is 3. The molecule has 1 aromatic carbocycles. The molecule has 0 unspecified atom stereocenters. The first-order chi connectivity index (χ1) is 10.4. The lowest BCUT2D eigenvalue weighted by atomic mass is 9.90. The topological polar surface area (TPSA) is 146 Å². The zero-order valence-electron chi connectivity index (χ0n) is 10.7. The van der Waals surface area contributed by atoms with Crippen LogP contribution in [0.5, 0.6) is 5.75 Å². The van der Waals surface area contributed by atoms with Gasteiger partial charge < -0.3 is 14.6 Å². The molecule has 1 aliphatic rings. The van der Waals surface area contributed by atoms with Gasteiger partial charge >= 0.3 is 11.7 Å². The molecule has 4 amide bonds. The third kappa shape index (κ3) is 1.69. The first-order valence-electron chi connectivity index (χ1n) is 6.00. The molecule has 1 saturated heterocycles. The summed E-state index contributed by atoms with van der Waals surface area (Å²) >= 11 is 0. The predicted octanol–water partition coefficient (Wildman–Crippen LogP) is -0.948. The Bertz CT molecular complexity index is 879. The highest BCUT2D eigenvalue weighted by atomic mass is 16.4. The van der Waals surface area contributed by atoms with E-state index in [0.29, 0.717) is 0 Å². The molecule has 112 valence electrons. The first-order valence-corrected chi connectivity index (χ1v) is 6.00. The van der Waals surface area contributed by atoms with Gasteiger partial charge in [0.05, 0.1) is 5.39 Å². The Morgan fingerprint density at radius 1 is 1.00 bits per heavy atom. The summed E-state index contributed by atoms with van der Waals surface area (Å²) in [5.74, 6) is -3.70. The van der Waals surface area contributed by atoms with Crippen LogP contribution >= 0.6 is 0 Å². The fourth-order valence-corrected chi connectivity index (χ4v) is 2.20. The van der Waals surface area contributed by atoms with Crippen LogP contribution in [0.25, 0.3) is 11.0 Å². The van der Waals surface area contributed by atoms with Crippen LogP contribution < -0.4 is 16.3 Å². The Hall–Kier alpha value is -3.20. The molecule has 0 bridgehead atoms. The quantitative estimate of drug-likeness (QED) is 0.392. The summed E-state index contributed by atoms with van der Waals surface area (Å²) in [5, 5.41) is 23.8. The van der Waals surface area contributed by atoms with Gasteiger partial charge in [0.25, 0.3) is 17.4 Å². The molecule has 4 N–H and O–H groups in total. The molecular weight excluding hydrogens is 296 g/mol. The smallest absolute Gasteiger partial charge is 0.347 e. The monoisotopic (exact) mass is 304 g/mol. The van der Waals surface area contributed by atoms with E-state index < -0.39 is 40.4 Å². The largest absolute Gasteiger partial charge is 0.506 e. The molecule has 1 aliphatic heterocycles. The zero-order valence-corrected chi connectivity index (χ0v) is 10.7. The van der Waals surface area contributed by atoms with Crippen molar-refractivity contribution in [1.82, 2.24) is 10.6 Å². The number of urea groups is 1. The van der Waals surface area contributed by atoms with Crippen molar-refractivity contribution >= 4 is 28.8 Å². The van der Waals surface area contributed by atoms with Crippen molar-refractivity contribution in [2.45, 2.75) is 5.60 Å². The molecule has 3 rings (SSSR count). The number of rotatable bonds is 1.